The van der Waals surface area contributed by atoms with Crippen LogP contribution in [0.15, 0.2) is 125 Å². The van der Waals surface area contributed by atoms with Gasteiger partial charge in [0, 0.05) is 30.6 Å². The number of rotatable bonds is 4. The number of amidine groups is 1. The van der Waals surface area contributed by atoms with Crippen molar-refractivity contribution in [3.05, 3.63) is 148 Å². The van der Waals surface area contributed by atoms with Gasteiger partial charge in [-0.2, -0.15) is 0 Å². The summed E-state index contributed by atoms with van der Waals surface area (Å²) in [6.45, 7) is 2.12. The number of anilines is 1. The minimum absolute atomic E-state index is 0.105. The van der Waals surface area contributed by atoms with Crippen molar-refractivity contribution >= 4 is 51.1 Å². The lowest BCUT2D eigenvalue weighted by atomic mass is 9.76. The van der Waals surface area contributed by atoms with E-state index in [0.717, 1.165) is 48.0 Å². The molecule has 2 atom stereocenters. The maximum absolute atomic E-state index is 13.1. The quantitative estimate of drug-likeness (QED) is 0.218. The van der Waals surface area contributed by atoms with Crippen LogP contribution in [0.25, 0.3) is 16.8 Å². The number of thioether (sulfide) groups is 1. The Bertz CT molecular complexity index is 1840. The number of nitrogens with zero attached hydrogens (tertiary/aromatic N) is 2. The van der Waals surface area contributed by atoms with Gasteiger partial charge in [0.05, 0.1) is 10.6 Å². The SMILES string of the molecule is O=C1NC(=Nc2cc3c4c(c2)[C@@H](c2ccccc2)CCN4CC[C@@H]3c2ccccc2)S/C1=C\c1cccc2ccccc12. The van der Waals surface area contributed by atoms with Crippen LogP contribution in [0.4, 0.5) is 11.4 Å². The lowest BCUT2D eigenvalue weighted by molar-refractivity contribution is -0.115. The van der Waals surface area contributed by atoms with Gasteiger partial charge >= 0.3 is 0 Å². The van der Waals surface area contributed by atoms with Crippen LogP contribution in [0, 0.1) is 0 Å². The lowest BCUT2D eigenvalue weighted by Gasteiger charge is -2.43. The number of amides is 1. The summed E-state index contributed by atoms with van der Waals surface area (Å²) in [6, 6.07) is 40.7. The van der Waals surface area contributed by atoms with E-state index in [2.05, 4.69) is 107 Å². The van der Waals surface area contributed by atoms with Crippen molar-refractivity contribution in [2.24, 2.45) is 4.99 Å². The van der Waals surface area contributed by atoms with Gasteiger partial charge in [-0.1, -0.05) is 103 Å². The highest BCUT2D eigenvalue weighted by atomic mass is 32.2. The Hall–Kier alpha value is -4.61. The van der Waals surface area contributed by atoms with Gasteiger partial charge in [-0.05, 0) is 81.4 Å². The molecule has 1 fully saturated rings. The summed E-state index contributed by atoms with van der Waals surface area (Å²) in [4.78, 5) is 21.4. The number of hydrogen-bond donors (Lipinski definition) is 1. The Labute approximate surface area is 256 Å². The van der Waals surface area contributed by atoms with E-state index in [9.17, 15) is 4.79 Å². The number of carbonyl (C=O) groups excluding carboxylic acids is 1. The first kappa shape index (κ1) is 26.1. The summed E-state index contributed by atoms with van der Waals surface area (Å²) < 4.78 is 0. The lowest BCUT2D eigenvalue weighted by Crippen LogP contribution is -2.37. The molecule has 4 nitrogen and oxygen atoms in total. The molecule has 0 aromatic heterocycles. The van der Waals surface area contributed by atoms with Crippen LogP contribution in [-0.2, 0) is 4.79 Å². The minimum Gasteiger partial charge on any atom is -0.371 e. The summed E-state index contributed by atoms with van der Waals surface area (Å²) in [5.74, 6) is 0.522. The van der Waals surface area contributed by atoms with Crippen molar-refractivity contribution in [2.75, 3.05) is 18.0 Å². The fraction of sp³-hybridized carbons (Fsp3) is 0.158. The van der Waals surface area contributed by atoms with Gasteiger partial charge in [0.1, 0.15) is 0 Å². The van der Waals surface area contributed by atoms with Crippen molar-refractivity contribution < 1.29 is 4.79 Å². The molecule has 43 heavy (non-hydrogen) atoms. The van der Waals surface area contributed by atoms with Gasteiger partial charge in [0.2, 0.25) is 0 Å². The van der Waals surface area contributed by atoms with E-state index in [0.29, 0.717) is 21.9 Å². The molecule has 1 amide bonds. The molecular formula is C38H31N3OS. The second-order valence-corrected chi connectivity index (χ2v) is 12.5. The van der Waals surface area contributed by atoms with Gasteiger partial charge in [-0.3, -0.25) is 4.79 Å². The second-order valence-electron chi connectivity index (χ2n) is 11.5. The third-order valence-corrected chi connectivity index (χ3v) is 9.90. The summed E-state index contributed by atoms with van der Waals surface area (Å²) >= 11 is 1.42. The highest BCUT2D eigenvalue weighted by molar-refractivity contribution is 8.18. The van der Waals surface area contributed by atoms with Crippen molar-refractivity contribution in [2.45, 2.75) is 24.7 Å². The van der Waals surface area contributed by atoms with Gasteiger partial charge < -0.3 is 10.2 Å². The molecule has 5 heteroatoms. The molecule has 0 spiro atoms. The minimum atomic E-state index is -0.105. The number of nitrogens with one attached hydrogen (secondary N) is 1. The van der Waals surface area contributed by atoms with E-state index in [1.165, 1.54) is 39.7 Å². The summed E-state index contributed by atoms with van der Waals surface area (Å²) in [7, 11) is 0. The van der Waals surface area contributed by atoms with Gasteiger partial charge in [-0.25, -0.2) is 4.99 Å². The van der Waals surface area contributed by atoms with Crippen LogP contribution < -0.4 is 10.2 Å². The monoisotopic (exact) mass is 577 g/mol. The van der Waals surface area contributed by atoms with Crippen LogP contribution in [-0.4, -0.2) is 24.2 Å². The zero-order chi connectivity index (χ0) is 28.8. The Balaban J connectivity index is 1.21. The van der Waals surface area contributed by atoms with Crippen molar-refractivity contribution in [1.82, 2.24) is 5.32 Å². The second kappa shape index (κ2) is 10.9. The predicted molar refractivity (Wildman–Crippen MR) is 179 cm³/mol. The first-order chi connectivity index (χ1) is 21.2. The summed E-state index contributed by atoms with van der Waals surface area (Å²) in [6.07, 6.45) is 4.14. The smallest absolute Gasteiger partial charge is 0.264 e. The highest BCUT2D eigenvalue weighted by Gasteiger charge is 2.35. The van der Waals surface area contributed by atoms with Crippen LogP contribution in [0.1, 0.15) is 52.5 Å². The molecule has 0 unspecified atom stereocenters. The Morgan fingerprint density at radius 3 is 2.02 bits per heavy atom. The van der Waals surface area contributed by atoms with Gasteiger partial charge in [-0.15, -0.1) is 0 Å². The molecule has 1 N–H and O–H groups in total. The highest BCUT2D eigenvalue weighted by Crippen LogP contribution is 2.50. The number of fused-ring (bicyclic) bond motifs is 1. The molecule has 5 aromatic carbocycles. The van der Waals surface area contributed by atoms with E-state index in [1.54, 1.807) is 0 Å². The first-order valence-electron chi connectivity index (χ1n) is 15.0. The molecule has 0 radical (unpaired) electrons. The molecule has 8 rings (SSSR count). The largest absolute Gasteiger partial charge is 0.371 e. The fourth-order valence-corrected chi connectivity index (χ4v) is 7.85. The predicted octanol–water partition coefficient (Wildman–Crippen LogP) is 8.61. The van der Waals surface area contributed by atoms with Gasteiger partial charge in [0.25, 0.3) is 5.91 Å². The van der Waals surface area contributed by atoms with Crippen molar-refractivity contribution in [3.63, 3.8) is 0 Å². The van der Waals surface area contributed by atoms with E-state index >= 15 is 0 Å². The third kappa shape index (κ3) is 4.84. The summed E-state index contributed by atoms with van der Waals surface area (Å²) in [5, 5.41) is 5.96. The Kier molecular flexibility index (Phi) is 6.60. The topological polar surface area (TPSA) is 44.7 Å². The average molecular weight is 578 g/mol. The molecule has 5 aromatic rings. The maximum Gasteiger partial charge on any atom is 0.264 e. The molecule has 0 aliphatic carbocycles. The number of benzene rings is 5. The molecule has 210 valence electrons. The van der Waals surface area contributed by atoms with Crippen LogP contribution >= 0.6 is 11.8 Å². The standard InChI is InChI=1S/C38H31N3OS/c42-37-35(22-28-16-9-15-25-14-7-8-17-30(25)28)43-38(40-37)39-29-23-33-31(26-10-3-1-4-11-26)18-20-41-21-19-32(34(24-29)36(33)41)27-12-5-2-6-13-27/h1-17,22-24,31-32H,18-21H2,(H,39,40,42)/b35-22-/t31-,32-/m1/s1. The molecule has 0 bridgehead atoms. The Morgan fingerprint density at radius 2 is 1.35 bits per heavy atom. The van der Waals surface area contributed by atoms with E-state index in [1.807, 2.05) is 24.3 Å². The average Bonchev–Trinajstić information content (AvgIpc) is 3.40. The summed E-state index contributed by atoms with van der Waals surface area (Å²) in [5.41, 5.74) is 8.69. The van der Waals surface area contributed by atoms with Crippen LogP contribution in [0.3, 0.4) is 0 Å². The third-order valence-electron chi connectivity index (χ3n) is 8.99. The zero-order valence-corrected chi connectivity index (χ0v) is 24.6. The number of hydrogen-bond acceptors (Lipinski definition) is 4. The molecule has 3 aliphatic rings. The molecule has 3 aliphatic heterocycles. The van der Waals surface area contributed by atoms with Gasteiger partial charge in [0.15, 0.2) is 5.17 Å². The van der Waals surface area contributed by atoms with E-state index in [-0.39, 0.29) is 5.91 Å². The molecule has 1 saturated heterocycles. The number of aliphatic imine (C=N–C) groups is 1. The first-order valence-corrected chi connectivity index (χ1v) is 15.8. The number of carbonyl (C=O) groups is 1. The molecule has 3 heterocycles. The Morgan fingerprint density at radius 1 is 0.744 bits per heavy atom. The molecular weight excluding hydrogens is 547 g/mol. The van der Waals surface area contributed by atoms with Crippen molar-refractivity contribution in [3.8, 4) is 0 Å². The van der Waals surface area contributed by atoms with Crippen LogP contribution in [0.5, 0.6) is 0 Å². The van der Waals surface area contributed by atoms with E-state index in [4.69, 9.17) is 4.99 Å². The molecule has 0 saturated carbocycles. The maximum atomic E-state index is 13.1. The van der Waals surface area contributed by atoms with Crippen LogP contribution in [0.2, 0.25) is 0 Å². The fourth-order valence-electron chi connectivity index (χ4n) is 7.02. The van der Waals surface area contributed by atoms with E-state index < -0.39 is 0 Å². The van der Waals surface area contributed by atoms with Crippen molar-refractivity contribution in [1.29, 1.82) is 0 Å². The zero-order valence-electron chi connectivity index (χ0n) is 23.7. The normalized spacial score (nSPS) is 21.3.